The Bertz CT molecular complexity index is 413. The maximum atomic E-state index is 11.7. The molecular formula is C12H17N3O3. The van der Waals surface area contributed by atoms with Crippen molar-refractivity contribution in [1.82, 2.24) is 15.2 Å². The predicted octanol–water partition coefficient (Wildman–Crippen LogP) is 1.33. The van der Waals surface area contributed by atoms with Crippen LogP contribution in [0.15, 0.2) is 18.3 Å². The van der Waals surface area contributed by atoms with E-state index in [4.69, 9.17) is 5.11 Å². The SMILES string of the molecule is CCN(CC)C(=O)NCc1ccc(C(=O)O)nc1. The number of aromatic nitrogens is 1. The van der Waals surface area contributed by atoms with Gasteiger partial charge in [-0.05, 0) is 25.5 Å². The Hall–Kier alpha value is -2.11. The molecule has 6 heteroatoms. The van der Waals surface area contributed by atoms with Crippen molar-refractivity contribution in [3.05, 3.63) is 29.6 Å². The molecule has 0 bridgehead atoms. The Balaban J connectivity index is 2.53. The summed E-state index contributed by atoms with van der Waals surface area (Å²) in [6, 6.07) is 2.92. The molecule has 0 aromatic carbocycles. The number of amides is 2. The van der Waals surface area contributed by atoms with E-state index < -0.39 is 5.97 Å². The number of aromatic carboxylic acids is 1. The number of pyridine rings is 1. The van der Waals surface area contributed by atoms with Crippen molar-refractivity contribution in [2.24, 2.45) is 0 Å². The molecule has 0 spiro atoms. The maximum absolute atomic E-state index is 11.7. The number of hydrogen-bond acceptors (Lipinski definition) is 3. The first kappa shape index (κ1) is 14.0. The fourth-order valence-electron chi connectivity index (χ4n) is 1.46. The van der Waals surface area contributed by atoms with E-state index in [1.54, 1.807) is 11.0 Å². The van der Waals surface area contributed by atoms with Gasteiger partial charge in [-0.25, -0.2) is 14.6 Å². The van der Waals surface area contributed by atoms with Gasteiger partial charge in [-0.3, -0.25) is 0 Å². The second-order valence-corrected chi connectivity index (χ2v) is 3.69. The first-order valence-electron chi connectivity index (χ1n) is 5.79. The van der Waals surface area contributed by atoms with Crippen molar-refractivity contribution in [1.29, 1.82) is 0 Å². The zero-order valence-corrected chi connectivity index (χ0v) is 10.5. The van der Waals surface area contributed by atoms with Crippen molar-refractivity contribution < 1.29 is 14.7 Å². The van der Waals surface area contributed by atoms with Crippen molar-refractivity contribution in [3.8, 4) is 0 Å². The van der Waals surface area contributed by atoms with Crippen molar-refractivity contribution >= 4 is 12.0 Å². The lowest BCUT2D eigenvalue weighted by atomic mass is 10.2. The number of carboxylic acid groups (broad SMARTS) is 1. The van der Waals surface area contributed by atoms with Gasteiger partial charge in [-0.2, -0.15) is 0 Å². The summed E-state index contributed by atoms with van der Waals surface area (Å²) >= 11 is 0. The standard InChI is InChI=1S/C12H17N3O3/c1-3-15(4-2)12(18)14-8-9-5-6-10(11(16)17)13-7-9/h5-7H,3-4,8H2,1-2H3,(H,14,18)(H,16,17). The monoisotopic (exact) mass is 251 g/mol. The van der Waals surface area contributed by atoms with Crippen LogP contribution in [0.2, 0.25) is 0 Å². The zero-order valence-electron chi connectivity index (χ0n) is 10.5. The molecule has 0 aliphatic rings. The third kappa shape index (κ3) is 3.73. The molecular weight excluding hydrogens is 234 g/mol. The summed E-state index contributed by atoms with van der Waals surface area (Å²) in [5.41, 5.74) is 0.759. The van der Waals surface area contributed by atoms with Gasteiger partial charge in [0.25, 0.3) is 0 Å². The average molecular weight is 251 g/mol. The van der Waals surface area contributed by atoms with Gasteiger partial charge in [0.05, 0.1) is 0 Å². The van der Waals surface area contributed by atoms with E-state index in [9.17, 15) is 9.59 Å². The van der Waals surface area contributed by atoms with E-state index in [0.29, 0.717) is 19.6 Å². The molecule has 1 heterocycles. The molecule has 0 radical (unpaired) electrons. The number of nitrogens with zero attached hydrogens (tertiary/aromatic N) is 2. The number of urea groups is 1. The number of nitrogens with one attached hydrogen (secondary N) is 1. The molecule has 18 heavy (non-hydrogen) atoms. The fraction of sp³-hybridized carbons (Fsp3) is 0.417. The highest BCUT2D eigenvalue weighted by Gasteiger charge is 2.09. The molecule has 0 fully saturated rings. The lowest BCUT2D eigenvalue weighted by Crippen LogP contribution is -2.39. The van der Waals surface area contributed by atoms with Crippen molar-refractivity contribution in [3.63, 3.8) is 0 Å². The van der Waals surface area contributed by atoms with E-state index in [-0.39, 0.29) is 11.7 Å². The molecule has 0 aliphatic carbocycles. The number of carbonyl (C=O) groups excluding carboxylic acids is 1. The highest BCUT2D eigenvalue weighted by Crippen LogP contribution is 2.00. The van der Waals surface area contributed by atoms with Gasteiger partial charge in [-0.1, -0.05) is 6.07 Å². The minimum Gasteiger partial charge on any atom is -0.477 e. The highest BCUT2D eigenvalue weighted by atomic mass is 16.4. The molecule has 1 aromatic heterocycles. The van der Waals surface area contributed by atoms with Crippen LogP contribution in [0, 0.1) is 0 Å². The topological polar surface area (TPSA) is 82.5 Å². The van der Waals surface area contributed by atoms with Gasteiger partial charge in [0, 0.05) is 25.8 Å². The van der Waals surface area contributed by atoms with Crippen LogP contribution >= 0.6 is 0 Å². The van der Waals surface area contributed by atoms with Gasteiger partial charge in [0.1, 0.15) is 5.69 Å². The zero-order chi connectivity index (χ0) is 13.5. The van der Waals surface area contributed by atoms with E-state index in [1.807, 2.05) is 13.8 Å². The molecule has 1 aromatic rings. The summed E-state index contributed by atoms with van der Waals surface area (Å²) in [7, 11) is 0. The molecule has 0 aliphatic heterocycles. The summed E-state index contributed by atoms with van der Waals surface area (Å²) in [4.78, 5) is 27.7. The molecule has 0 atom stereocenters. The number of carboxylic acids is 1. The molecule has 2 N–H and O–H groups in total. The summed E-state index contributed by atoms with van der Waals surface area (Å²) in [5, 5.41) is 11.4. The van der Waals surface area contributed by atoms with Crippen LogP contribution in [0.4, 0.5) is 4.79 Å². The molecule has 2 amide bonds. The second kappa shape index (κ2) is 6.58. The molecule has 98 valence electrons. The second-order valence-electron chi connectivity index (χ2n) is 3.69. The Morgan fingerprint density at radius 1 is 1.33 bits per heavy atom. The largest absolute Gasteiger partial charge is 0.477 e. The molecule has 0 unspecified atom stereocenters. The molecule has 6 nitrogen and oxygen atoms in total. The van der Waals surface area contributed by atoms with Crippen LogP contribution in [-0.2, 0) is 6.54 Å². The summed E-state index contributed by atoms with van der Waals surface area (Å²) in [5.74, 6) is -1.06. The lowest BCUT2D eigenvalue weighted by Gasteiger charge is -2.19. The van der Waals surface area contributed by atoms with Crippen LogP contribution in [0.5, 0.6) is 0 Å². The smallest absolute Gasteiger partial charge is 0.354 e. The number of hydrogen-bond donors (Lipinski definition) is 2. The van der Waals surface area contributed by atoms with E-state index in [2.05, 4.69) is 10.3 Å². The Labute approximate surface area is 106 Å². The number of carbonyl (C=O) groups is 2. The van der Waals surface area contributed by atoms with Crippen molar-refractivity contribution in [2.45, 2.75) is 20.4 Å². The molecule has 1 rings (SSSR count). The van der Waals surface area contributed by atoms with Gasteiger partial charge in [0.2, 0.25) is 0 Å². The van der Waals surface area contributed by atoms with Gasteiger partial charge < -0.3 is 15.3 Å². The quantitative estimate of drug-likeness (QED) is 0.827. The van der Waals surface area contributed by atoms with Gasteiger partial charge >= 0.3 is 12.0 Å². The van der Waals surface area contributed by atoms with E-state index in [0.717, 1.165) is 5.56 Å². The van der Waals surface area contributed by atoms with Crippen LogP contribution in [-0.4, -0.2) is 40.1 Å². The maximum Gasteiger partial charge on any atom is 0.354 e. The third-order valence-electron chi connectivity index (χ3n) is 2.54. The highest BCUT2D eigenvalue weighted by molar-refractivity contribution is 5.85. The minimum absolute atomic E-state index is 0.00572. The normalized spacial score (nSPS) is 9.89. The summed E-state index contributed by atoms with van der Waals surface area (Å²) < 4.78 is 0. The fourth-order valence-corrected chi connectivity index (χ4v) is 1.46. The summed E-state index contributed by atoms with van der Waals surface area (Å²) in [6.07, 6.45) is 1.45. The lowest BCUT2D eigenvalue weighted by molar-refractivity contribution is 0.0690. The van der Waals surface area contributed by atoms with Gasteiger partial charge in [0.15, 0.2) is 0 Å². The number of rotatable bonds is 5. The first-order valence-corrected chi connectivity index (χ1v) is 5.79. The van der Waals surface area contributed by atoms with Crippen LogP contribution in [0.3, 0.4) is 0 Å². The van der Waals surface area contributed by atoms with Crippen LogP contribution in [0.25, 0.3) is 0 Å². The third-order valence-corrected chi connectivity index (χ3v) is 2.54. The Morgan fingerprint density at radius 3 is 2.44 bits per heavy atom. The van der Waals surface area contributed by atoms with E-state index in [1.165, 1.54) is 12.3 Å². The summed E-state index contributed by atoms with van der Waals surface area (Å²) in [6.45, 7) is 5.46. The van der Waals surface area contributed by atoms with E-state index >= 15 is 0 Å². The van der Waals surface area contributed by atoms with Crippen LogP contribution in [0.1, 0.15) is 29.9 Å². The van der Waals surface area contributed by atoms with Crippen molar-refractivity contribution in [2.75, 3.05) is 13.1 Å². The van der Waals surface area contributed by atoms with Gasteiger partial charge in [-0.15, -0.1) is 0 Å². The average Bonchev–Trinajstić information content (AvgIpc) is 2.38. The molecule has 0 saturated carbocycles. The van der Waals surface area contributed by atoms with Crippen LogP contribution < -0.4 is 5.32 Å². The molecule has 0 saturated heterocycles. The first-order chi connectivity index (χ1) is 8.58. The Morgan fingerprint density at radius 2 is 2.00 bits per heavy atom. The Kier molecular flexibility index (Phi) is 5.10. The minimum atomic E-state index is -1.06. The predicted molar refractivity (Wildman–Crippen MR) is 66.4 cm³/mol.